The molecule has 0 saturated carbocycles. The standard InChI is InChI=1S/C10H5BrClNOS/c11-9-2-1-6(12)3-8(9)10-13-7(4-14)5-15-10/h1-5H. The molecule has 0 fully saturated rings. The molecule has 0 bridgehead atoms. The third-order valence-corrected chi connectivity index (χ3v) is 3.62. The minimum atomic E-state index is 0.446. The Morgan fingerprint density at radius 3 is 2.93 bits per heavy atom. The number of nitrogens with zero attached hydrogens (tertiary/aromatic N) is 1. The summed E-state index contributed by atoms with van der Waals surface area (Å²) in [5.74, 6) is 0. The van der Waals surface area contributed by atoms with Crippen molar-refractivity contribution in [1.29, 1.82) is 0 Å². The van der Waals surface area contributed by atoms with Crippen molar-refractivity contribution in [3.05, 3.63) is 38.8 Å². The number of hydrogen-bond donors (Lipinski definition) is 0. The molecule has 0 radical (unpaired) electrons. The third kappa shape index (κ3) is 2.27. The molecule has 15 heavy (non-hydrogen) atoms. The van der Waals surface area contributed by atoms with Crippen LogP contribution in [0.3, 0.4) is 0 Å². The number of hydrogen-bond acceptors (Lipinski definition) is 3. The lowest BCUT2D eigenvalue weighted by atomic mass is 10.2. The van der Waals surface area contributed by atoms with Crippen LogP contribution >= 0.6 is 38.9 Å². The predicted molar refractivity (Wildman–Crippen MR) is 65.6 cm³/mol. The largest absolute Gasteiger partial charge is 0.296 e. The lowest BCUT2D eigenvalue weighted by Crippen LogP contribution is -1.81. The van der Waals surface area contributed by atoms with Gasteiger partial charge in [0.15, 0.2) is 6.29 Å². The summed E-state index contributed by atoms with van der Waals surface area (Å²) in [5.41, 5.74) is 1.35. The van der Waals surface area contributed by atoms with E-state index in [1.54, 1.807) is 11.4 Å². The second-order valence-electron chi connectivity index (χ2n) is 2.82. The molecule has 76 valence electrons. The Morgan fingerprint density at radius 1 is 1.47 bits per heavy atom. The molecule has 2 rings (SSSR count). The summed E-state index contributed by atoms with van der Waals surface area (Å²) in [6.45, 7) is 0. The summed E-state index contributed by atoms with van der Waals surface area (Å²) in [4.78, 5) is 14.7. The first-order valence-electron chi connectivity index (χ1n) is 4.07. The molecule has 1 aromatic heterocycles. The normalized spacial score (nSPS) is 10.3. The summed E-state index contributed by atoms with van der Waals surface area (Å²) in [7, 11) is 0. The van der Waals surface area contributed by atoms with Crippen LogP contribution < -0.4 is 0 Å². The molecule has 0 atom stereocenters. The first kappa shape index (κ1) is 10.8. The summed E-state index contributed by atoms with van der Waals surface area (Å²) in [6.07, 6.45) is 0.735. The molecule has 0 amide bonds. The van der Waals surface area contributed by atoms with Crippen molar-refractivity contribution in [2.75, 3.05) is 0 Å². The van der Waals surface area contributed by atoms with Gasteiger partial charge in [-0.25, -0.2) is 4.98 Å². The van der Waals surface area contributed by atoms with Gasteiger partial charge < -0.3 is 0 Å². The average Bonchev–Trinajstić information content (AvgIpc) is 2.70. The van der Waals surface area contributed by atoms with Gasteiger partial charge in [-0.2, -0.15) is 0 Å². The predicted octanol–water partition coefficient (Wildman–Crippen LogP) is 4.04. The Kier molecular flexibility index (Phi) is 3.19. The number of rotatable bonds is 2. The van der Waals surface area contributed by atoms with E-state index in [-0.39, 0.29) is 0 Å². The number of aldehydes is 1. The van der Waals surface area contributed by atoms with Crippen molar-refractivity contribution in [2.24, 2.45) is 0 Å². The van der Waals surface area contributed by atoms with Crippen LogP contribution in [0.4, 0.5) is 0 Å². The SMILES string of the molecule is O=Cc1csc(-c2cc(Cl)ccc2Br)n1. The quantitative estimate of drug-likeness (QED) is 0.784. The van der Waals surface area contributed by atoms with Crippen LogP contribution in [0.5, 0.6) is 0 Å². The van der Waals surface area contributed by atoms with Crippen molar-refractivity contribution in [3.8, 4) is 10.6 Å². The van der Waals surface area contributed by atoms with Crippen LogP contribution in [-0.4, -0.2) is 11.3 Å². The monoisotopic (exact) mass is 301 g/mol. The van der Waals surface area contributed by atoms with Gasteiger partial charge in [-0.3, -0.25) is 4.79 Å². The van der Waals surface area contributed by atoms with Gasteiger partial charge >= 0.3 is 0 Å². The van der Waals surface area contributed by atoms with Crippen LogP contribution in [0.25, 0.3) is 10.6 Å². The molecule has 2 aromatic rings. The molecule has 5 heteroatoms. The van der Waals surface area contributed by atoms with E-state index in [9.17, 15) is 4.79 Å². The van der Waals surface area contributed by atoms with Crippen LogP contribution in [0, 0.1) is 0 Å². The van der Waals surface area contributed by atoms with E-state index in [1.807, 2.05) is 12.1 Å². The van der Waals surface area contributed by atoms with Crippen molar-refractivity contribution >= 4 is 45.2 Å². The Hall–Kier alpha value is -0.710. The van der Waals surface area contributed by atoms with Crippen LogP contribution in [0.1, 0.15) is 10.5 Å². The zero-order chi connectivity index (χ0) is 10.8. The highest BCUT2D eigenvalue weighted by Crippen LogP contribution is 2.32. The van der Waals surface area contributed by atoms with E-state index < -0.39 is 0 Å². The van der Waals surface area contributed by atoms with E-state index >= 15 is 0 Å². The number of halogens is 2. The fraction of sp³-hybridized carbons (Fsp3) is 0. The summed E-state index contributed by atoms with van der Waals surface area (Å²) < 4.78 is 0.915. The number of thiazole rings is 1. The second-order valence-corrected chi connectivity index (χ2v) is 4.97. The average molecular weight is 303 g/mol. The van der Waals surface area contributed by atoms with Gasteiger partial charge in [-0.1, -0.05) is 27.5 Å². The van der Waals surface area contributed by atoms with Crippen LogP contribution in [0.15, 0.2) is 28.1 Å². The lowest BCUT2D eigenvalue weighted by molar-refractivity contribution is 0.111. The van der Waals surface area contributed by atoms with Gasteiger partial charge in [-0.15, -0.1) is 11.3 Å². The van der Waals surface area contributed by atoms with Crippen LogP contribution in [0.2, 0.25) is 5.02 Å². The molecule has 0 N–H and O–H groups in total. The number of carbonyl (C=O) groups is 1. The highest BCUT2D eigenvalue weighted by atomic mass is 79.9. The number of benzene rings is 1. The molecule has 0 aliphatic heterocycles. The maximum atomic E-state index is 10.5. The first-order valence-corrected chi connectivity index (χ1v) is 6.12. The van der Waals surface area contributed by atoms with Gasteiger partial charge in [0.05, 0.1) is 0 Å². The zero-order valence-corrected chi connectivity index (χ0v) is 10.6. The molecule has 1 aromatic carbocycles. The zero-order valence-electron chi connectivity index (χ0n) is 7.41. The molecule has 0 aliphatic rings. The summed E-state index contributed by atoms with van der Waals surface area (Å²) in [6, 6.07) is 5.47. The second kappa shape index (κ2) is 4.43. The lowest BCUT2D eigenvalue weighted by Gasteiger charge is -2.00. The van der Waals surface area contributed by atoms with E-state index in [0.29, 0.717) is 10.7 Å². The van der Waals surface area contributed by atoms with Gasteiger partial charge in [0.1, 0.15) is 10.7 Å². The van der Waals surface area contributed by atoms with E-state index in [0.717, 1.165) is 21.3 Å². The minimum absolute atomic E-state index is 0.446. The van der Waals surface area contributed by atoms with Crippen molar-refractivity contribution in [2.45, 2.75) is 0 Å². The molecule has 0 spiro atoms. The Morgan fingerprint density at radius 2 is 2.27 bits per heavy atom. The highest BCUT2D eigenvalue weighted by Gasteiger charge is 2.08. The topological polar surface area (TPSA) is 30.0 Å². The summed E-state index contributed by atoms with van der Waals surface area (Å²) in [5, 5.41) is 3.15. The number of aromatic nitrogens is 1. The molecule has 0 saturated heterocycles. The van der Waals surface area contributed by atoms with Crippen molar-refractivity contribution in [3.63, 3.8) is 0 Å². The molecular weight excluding hydrogens is 298 g/mol. The van der Waals surface area contributed by atoms with Gasteiger partial charge in [0.2, 0.25) is 0 Å². The Labute approximate surface area is 104 Å². The molecule has 0 aliphatic carbocycles. The Balaban J connectivity index is 2.52. The van der Waals surface area contributed by atoms with Crippen molar-refractivity contribution < 1.29 is 4.79 Å². The summed E-state index contributed by atoms with van der Waals surface area (Å²) >= 11 is 10.7. The van der Waals surface area contributed by atoms with E-state index in [4.69, 9.17) is 11.6 Å². The Bertz CT molecular complexity index is 512. The van der Waals surface area contributed by atoms with Gasteiger partial charge in [0, 0.05) is 20.4 Å². The highest BCUT2D eigenvalue weighted by molar-refractivity contribution is 9.10. The molecular formula is C10H5BrClNOS. The molecule has 0 unspecified atom stereocenters. The maximum absolute atomic E-state index is 10.5. The molecule has 2 nitrogen and oxygen atoms in total. The van der Waals surface area contributed by atoms with Crippen LogP contribution in [-0.2, 0) is 0 Å². The molecule has 1 heterocycles. The van der Waals surface area contributed by atoms with E-state index in [1.165, 1.54) is 11.3 Å². The fourth-order valence-electron chi connectivity index (χ4n) is 1.13. The fourth-order valence-corrected chi connectivity index (χ4v) is 2.66. The maximum Gasteiger partial charge on any atom is 0.169 e. The van der Waals surface area contributed by atoms with Crippen molar-refractivity contribution in [1.82, 2.24) is 4.98 Å². The first-order chi connectivity index (χ1) is 7.20. The number of carbonyl (C=O) groups excluding carboxylic acids is 1. The van der Waals surface area contributed by atoms with Gasteiger partial charge in [-0.05, 0) is 18.2 Å². The van der Waals surface area contributed by atoms with E-state index in [2.05, 4.69) is 20.9 Å². The minimum Gasteiger partial charge on any atom is -0.296 e. The smallest absolute Gasteiger partial charge is 0.169 e. The third-order valence-electron chi connectivity index (χ3n) is 1.80. The van der Waals surface area contributed by atoms with Gasteiger partial charge in [0.25, 0.3) is 0 Å².